The van der Waals surface area contributed by atoms with E-state index in [4.69, 9.17) is 0 Å². The predicted octanol–water partition coefficient (Wildman–Crippen LogP) is 5.34. The van der Waals surface area contributed by atoms with Crippen LogP contribution in [0.15, 0.2) is 65.5 Å². The molecule has 1 amide bonds. The molecule has 0 unspecified atom stereocenters. The number of alkyl halides is 3. The quantitative estimate of drug-likeness (QED) is 0.307. The van der Waals surface area contributed by atoms with Crippen molar-refractivity contribution >= 4 is 22.8 Å². The Bertz CT molecular complexity index is 1740. The van der Waals surface area contributed by atoms with Gasteiger partial charge in [-0.05, 0) is 47.7 Å². The van der Waals surface area contributed by atoms with Crippen LogP contribution in [0, 0.1) is 11.6 Å². The number of nitrogens with one attached hydrogen (secondary N) is 1. The number of hydrogen-bond acceptors (Lipinski definition) is 3. The zero-order valence-corrected chi connectivity index (χ0v) is 21.6. The number of aromatic nitrogens is 1. The Morgan fingerprint density at radius 1 is 1.02 bits per heavy atom. The molecular weight excluding hydrogens is 547 g/mol. The first kappa shape index (κ1) is 28.0. The molecule has 0 saturated carbocycles. The Morgan fingerprint density at radius 3 is 2.34 bits per heavy atom. The van der Waals surface area contributed by atoms with E-state index < -0.39 is 58.3 Å². The van der Waals surface area contributed by atoms with E-state index in [-0.39, 0.29) is 35.7 Å². The van der Waals surface area contributed by atoms with E-state index in [1.807, 2.05) is 0 Å². The highest BCUT2D eigenvalue weighted by Gasteiger charge is 2.42. The summed E-state index contributed by atoms with van der Waals surface area (Å²) in [5, 5.41) is 11.8. The Balaban J connectivity index is 1.55. The number of pyridine rings is 1. The monoisotopic (exact) mass is 570 g/mol. The zero-order chi connectivity index (χ0) is 29.6. The summed E-state index contributed by atoms with van der Waals surface area (Å²) in [6.45, 7) is 0. The van der Waals surface area contributed by atoms with Crippen molar-refractivity contribution in [2.75, 3.05) is 0 Å². The second-order valence-corrected chi connectivity index (χ2v) is 9.91. The minimum atomic E-state index is -4.82. The first-order valence-electron chi connectivity index (χ1n) is 12.7. The van der Waals surface area contributed by atoms with Crippen LogP contribution in [0.1, 0.15) is 50.5 Å². The molecule has 2 N–H and O–H groups in total. The van der Waals surface area contributed by atoms with Gasteiger partial charge in [0.05, 0.1) is 11.1 Å². The normalized spacial score (nSPS) is 15.5. The van der Waals surface area contributed by atoms with Gasteiger partial charge in [-0.3, -0.25) is 9.59 Å². The number of benzene rings is 3. The van der Waals surface area contributed by atoms with Gasteiger partial charge in [-0.1, -0.05) is 42.5 Å². The van der Waals surface area contributed by atoms with E-state index in [0.717, 1.165) is 18.2 Å². The highest BCUT2D eigenvalue weighted by molar-refractivity contribution is 5.97. The number of aryl methyl sites for hydroxylation is 1. The average molecular weight is 571 g/mol. The van der Waals surface area contributed by atoms with Crippen molar-refractivity contribution in [1.82, 2.24) is 9.88 Å². The summed E-state index contributed by atoms with van der Waals surface area (Å²) in [4.78, 5) is 38.0. The summed E-state index contributed by atoms with van der Waals surface area (Å²) in [5.74, 6) is -5.95. The third kappa shape index (κ3) is 4.96. The third-order valence-electron chi connectivity index (χ3n) is 7.56. The number of fused-ring (bicyclic) bond motifs is 2. The molecule has 0 aliphatic heterocycles. The number of carboxylic acids is 1. The highest BCUT2D eigenvalue weighted by atomic mass is 19.4. The van der Waals surface area contributed by atoms with Crippen molar-refractivity contribution in [2.24, 2.45) is 7.05 Å². The predicted molar refractivity (Wildman–Crippen MR) is 140 cm³/mol. The first-order valence-corrected chi connectivity index (χ1v) is 12.7. The fourth-order valence-corrected chi connectivity index (χ4v) is 5.73. The van der Waals surface area contributed by atoms with Gasteiger partial charge in [0, 0.05) is 30.3 Å². The SMILES string of the molecule is Cn1c(=O)c([C@@H]2CCc3c(C[C@H](NC(=O)c4c(F)cccc4F)C(=O)O)cccc32)c(C(F)(F)F)c2ccccc21. The molecule has 1 aromatic heterocycles. The maximum absolute atomic E-state index is 14.5. The lowest BCUT2D eigenvalue weighted by molar-refractivity contribution is -0.139. The lowest BCUT2D eigenvalue weighted by Crippen LogP contribution is -2.43. The molecule has 0 radical (unpaired) electrons. The lowest BCUT2D eigenvalue weighted by atomic mass is 9.87. The zero-order valence-electron chi connectivity index (χ0n) is 21.6. The lowest BCUT2D eigenvalue weighted by Gasteiger charge is -2.22. The summed E-state index contributed by atoms with van der Waals surface area (Å²) in [6.07, 6.45) is -4.68. The number of amides is 1. The third-order valence-corrected chi connectivity index (χ3v) is 7.56. The minimum Gasteiger partial charge on any atom is -0.480 e. The second kappa shape index (κ2) is 10.5. The van der Waals surface area contributed by atoms with Gasteiger partial charge in [0.15, 0.2) is 0 Å². The average Bonchev–Trinajstić information content (AvgIpc) is 3.34. The first-order chi connectivity index (χ1) is 19.4. The largest absolute Gasteiger partial charge is 0.480 e. The van der Waals surface area contributed by atoms with Crippen LogP contribution in [-0.2, 0) is 30.9 Å². The number of aliphatic carboxylic acids is 1. The molecule has 2 atom stereocenters. The van der Waals surface area contributed by atoms with Crippen LogP contribution >= 0.6 is 0 Å². The van der Waals surface area contributed by atoms with Gasteiger partial charge in [-0.25, -0.2) is 13.6 Å². The molecule has 1 aliphatic rings. The summed E-state index contributed by atoms with van der Waals surface area (Å²) < 4.78 is 72.8. The van der Waals surface area contributed by atoms with Crippen LogP contribution in [0.25, 0.3) is 10.9 Å². The van der Waals surface area contributed by atoms with Crippen LogP contribution in [0.2, 0.25) is 0 Å². The molecule has 4 aromatic rings. The van der Waals surface area contributed by atoms with E-state index in [1.54, 1.807) is 24.3 Å². The Hall–Kier alpha value is -4.54. The molecule has 1 aliphatic carbocycles. The van der Waals surface area contributed by atoms with Gasteiger partial charge < -0.3 is 15.0 Å². The molecule has 212 valence electrons. The van der Waals surface area contributed by atoms with Crippen LogP contribution in [-0.4, -0.2) is 27.6 Å². The standard InChI is InChI=1S/C30H23F5N2O4/c1-37-23-11-3-2-7-19(23)26(30(33,34)35)24(28(37)39)18-13-12-16-15(6-4-8-17(16)18)14-22(29(40)41)36-27(38)25-20(31)9-5-10-21(25)32/h2-11,18,22H,12-14H2,1H3,(H,36,38)(H,40,41)/t18-,22+/m1/s1. The van der Waals surface area contributed by atoms with Gasteiger partial charge in [0.1, 0.15) is 23.2 Å². The molecule has 41 heavy (non-hydrogen) atoms. The fourth-order valence-electron chi connectivity index (χ4n) is 5.73. The van der Waals surface area contributed by atoms with Gasteiger partial charge in [-0.2, -0.15) is 13.2 Å². The smallest absolute Gasteiger partial charge is 0.417 e. The van der Waals surface area contributed by atoms with Crippen molar-refractivity contribution in [3.8, 4) is 0 Å². The summed E-state index contributed by atoms with van der Waals surface area (Å²) in [6, 6.07) is 11.7. The van der Waals surface area contributed by atoms with E-state index in [9.17, 15) is 41.4 Å². The molecule has 1 heterocycles. The number of carboxylic acid groups (broad SMARTS) is 1. The van der Waals surface area contributed by atoms with Crippen molar-refractivity contribution in [3.63, 3.8) is 0 Å². The Kier molecular flexibility index (Phi) is 7.14. The molecule has 0 fully saturated rings. The van der Waals surface area contributed by atoms with Crippen molar-refractivity contribution in [2.45, 2.75) is 37.4 Å². The van der Waals surface area contributed by atoms with Crippen molar-refractivity contribution in [1.29, 1.82) is 0 Å². The molecule has 5 rings (SSSR count). The molecule has 0 spiro atoms. The molecular formula is C30H23F5N2O4. The molecule has 0 bridgehead atoms. The van der Waals surface area contributed by atoms with Crippen molar-refractivity contribution in [3.05, 3.63) is 116 Å². The number of nitrogens with zero attached hydrogens (tertiary/aromatic N) is 1. The molecule has 3 aromatic carbocycles. The van der Waals surface area contributed by atoms with Crippen molar-refractivity contribution < 1.29 is 36.6 Å². The van der Waals surface area contributed by atoms with Crippen LogP contribution in [0.3, 0.4) is 0 Å². The van der Waals surface area contributed by atoms with Crippen LogP contribution < -0.4 is 10.9 Å². The van der Waals surface area contributed by atoms with E-state index in [0.29, 0.717) is 16.7 Å². The highest BCUT2D eigenvalue weighted by Crippen LogP contribution is 2.45. The van der Waals surface area contributed by atoms with E-state index in [1.165, 1.54) is 29.8 Å². The van der Waals surface area contributed by atoms with Crippen LogP contribution in [0.5, 0.6) is 0 Å². The fraction of sp³-hybridized carbons (Fsp3) is 0.233. The van der Waals surface area contributed by atoms with Gasteiger partial charge in [0.2, 0.25) is 0 Å². The van der Waals surface area contributed by atoms with E-state index >= 15 is 0 Å². The number of carbonyl (C=O) groups excluding carboxylic acids is 1. The molecule has 6 nitrogen and oxygen atoms in total. The maximum atomic E-state index is 14.5. The minimum absolute atomic E-state index is 0.101. The van der Waals surface area contributed by atoms with Gasteiger partial charge >= 0.3 is 12.1 Å². The number of para-hydroxylation sites is 1. The van der Waals surface area contributed by atoms with E-state index in [2.05, 4.69) is 5.32 Å². The summed E-state index contributed by atoms with van der Waals surface area (Å²) in [7, 11) is 1.42. The van der Waals surface area contributed by atoms with Crippen LogP contribution in [0.4, 0.5) is 22.0 Å². The molecule has 11 heteroatoms. The topological polar surface area (TPSA) is 88.4 Å². The second-order valence-electron chi connectivity index (χ2n) is 9.91. The molecule has 0 saturated heterocycles. The van der Waals surface area contributed by atoms with Gasteiger partial charge in [-0.15, -0.1) is 0 Å². The number of hydrogen-bond donors (Lipinski definition) is 2. The van der Waals surface area contributed by atoms with Gasteiger partial charge in [0.25, 0.3) is 11.5 Å². The number of rotatable bonds is 6. The Morgan fingerprint density at radius 2 is 1.68 bits per heavy atom. The summed E-state index contributed by atoms with van der Waals surface area (Å²) >= 11 is 0. The maximum Gasteiger partial charge on any atom is 0.417 e. The number of halogens is 5. The Labute approximate surface area is 230 Å². The number of carbonyl (C=O) groups is 2. The summed E-state index contributed by atoms with van der Waals surface area (Å²) in [5.41, 5.74) is -1.49.